The number of hydrogen-bond acceptors (Lipinski definition) is 6. The molecular formula is C23H24N4O6. The van der Waals surface area contributed by atoms with Crippen LogP contribution in [0.1, 0.15) is 11.1 Å². The molecule has 3 aromatic rings. The van der Waals surface area contributed by atoms with Crippen LogP contribution in [0.2, 0.25) is 0 Å². The number of nitrogens with zero attached hydrogens (tertiary/aromatic N) is 3. The van der Waals surface area contributed by atoms with Crippen molar-refractivity contribution in [1.82, 2.24) is 14.8 Å². The second-order valence-electron chi connectivity index (χ2n) is 8.14. The van der Waals surface area contributed by atoms with Gasteiger partial charge in [-0.15, -0.1) is 0 Å². The average Bonchev–Trinajstić information content (AvgIpc) is 3.21. The summed E-state index contributed by atoms with van der Waals surface area (Å²) in [5, 5.41) is 21.7. The van der Waals surface area contributed by atoms with Gasteiger partial charge in [0, 0.05) is 46.3 Å². The second kappa shape index (κ2) is 8.21. The van der Waals surface area contributed by atoms with Crippen molar-refractivity contribution in [2.24, 2.45) is 0 Å². The van der Waals surface area contributed by atoms with Gasteiger partial charge in [0.15, 0.2) is 0 Å². The second-order valence-corrected chi connectivity index (χ2v) is 8.14. The molecule has 2 aromatic carbocycles. The van der Waals surface area contributed by atoms with Crippen LogP contribution >= 0.6 is 0 Å². The number of piperazine rings is 1. The van der Waals surface area contributed by atoms with Crippen LogP contribution in [0.15, 0.2) is 48.7 Å². The SMILES string of the molecule is CO[C@@]1(Cc2cccc(O)c2)C(=O)N(C)[C@@H](Cc2c[nH]c3cccc([N+](=O)[O-])c23)C(=O)N1C. The largest absolute Gasteiger partial charge is 0.508 e. The fourth-order valence-electron chi connectivity index (χ4n) is 4.54. The van der Waals surface area contributed by atoms with Crippen molar-refractivity contribution >= 4 is 28.4 Å². The number of nitro groups is 1. The van der Waals surface area contributed by atoms with Crippen LogP contribution in [0.4, 0.5) is 5.69 Å². The number of rotatable bonds is 6. The van der Waals surface area contributed by atoms with Gasteiger partial charge in [-0.25, -0.2) is 0 Å². The maximum absolute atomic E-state index is 13.5. The molecule has 0 spiro atoms. The zero-order valence-corrected chi connectivity index (χ0v) is 18.4. The van der Waals surface area contributed by atoms with Gasteiger partial charge in [-0.2, -0.15) is 0 Å². The van der Waals surface area contributed by atoms with Crippen LogP contribution in [-0.4, -0.2) is 69.6 Å². The van der Waals surface area contributed by atoms with Gasteiger partial charge in [0.1, 0.15) is 11.8 Å². The highest BCUT2D eigenvalue weighted by Gasteiger charge is 2.54. The number of nitrogens with one attached hydrogen (secondary N) is 1. The van der Waals surface area contributed by atoms with Crippen LogP contribution < -0.4 is 0 Å². The van der Waals surface area contributed by atoms with Gasteiger partial charge in [0.25, 0.3) is 11.6 Å². The lowest BCUT2D eigenvalue weighted by Gasteiger charge is -2.49. The highest BCUT2D eigenvalue weighted by Crippen LogP contribution is 2.34. The molecule has 10 nitrogen and oxygen atoms in total. The number of benzene rings is 2. The first kappa shape index (κ1) is 22.3. The molecule has 0 aliphatic carbocycles. The predicted molar refractivity (Wildman–Crippen MR) is 120 cm³/mol. The first-order chi connectivity index (χ1) is 15.7. The number of methoxy groups -OCH3 is 1. The van der Waals surface area contributed by atoms with E-state index in [-0.39, 0.29) is 30.2 Å². The fourth-order valence-corrected chi connectivity index (χ4v) is 4.54. The number of hydrogen-bond donors (Lipinski definition) is 2. The Labute approximate surface area is 189 Å². The number of H-pyrrole nitrogens is 1. The van der Waals surface area contributed by atoms with Crippen molar-refractivity contribution in [3.05, 3.63) is 69.9 Å². The third kappa shape index (κ3) is 3.58. The van der Waals surface area contributed by atoms with Crippen molar-refractivity contribution in [3.63, 3.8) is 0 Å². The number of phenolic OH excluding ortho intramolecular Hbond substituents is 1. The lowest BCUT2D eigenvalue weighted by molar-refractivity contribution is -0.383. The molecule has 2 N–H and O–H groups in total. The van der Waals surface area contributed by atoms with E-state index in [1.807, 2.05) is 0 Å². The molecule has 4 rings (SSSR count). The molecule has 0 saturated carbocycles. The highest BCUT2D eigenvalue weighted by molar-refractivity contribution is 6.00. The van der Waals surface area contributed by atoms with Crippen LogP contribution in [0.3, 0.4) is 0 Å². The topological polar surface area (TPSA) is 129 Å². The van der Waals surface area contributed by atoms with Gasteiger partial charge in [0.2, 0.25) is 11.6 Å². The van der Waals surface area contributed by atoms with Gasteiger partial charge in [-0.1, -0.05) is 18.2 Å². The number of likely N-dealkylation sites (N-methyl/N-ethyl adjacent to an activating group) is 2. The van der Waals surface area contributed by atoms with Gasteiger partial charge in [-0.3, -0.25) is 19.7 Å². The minimum Gasteiger partial charge on any atom is -0.508 e. The number of aromatic amines is 1. The number of aromatic hydroxyl groups is 1. The van der Waals surface area contributed by atoms with E-state index in [0.717, 1.165) is 0 Å². The van der Waals surface area contributed by atoms with Crippen LogP contribution in [0.5, 0.6) is 5.75 Å². The van der Waals surface area contributed by atoms with E-state index >= 15 is 0 Å². The number of nitro benzene ring substituents is 1. The van der Waals surface area contributed by atoms with E-state index in [4.69, 9.17) is 4.74 Å². The molecule has 2 amide bonds. The van der Waals surface area contributed by atoms with Crippen molar-refractivity contribution in [1.29, 1.82) is 0 Å². The molecule has 0 radical (unpaired) electrons. The van der Waals surface area contributed by atoms with Gasteiger partial charge < -0.3 is 24.6 Å². The molecule has 1 aliphatic rings. The van der Waals surface area contributed by atoms with Crippen molar-refractivity contribution < 1.29 is 24.4 Å². The Balaban J connectivity index is 1.69. The van der Waals surface area contributed by atoms with Gasteiger partial charge in [0.05, 0.1) is 15.8 Å². The minimum atomic E-state index is -1.58. The first-order valence-corrected chi connectivity index (χ1v) is 10.3. The molecule has 10 heteroatoms. The van der Waals surface area contributed by atoms with Crippen molar-refractivity contribution in [3.8, 4) is 5.75 Å². The maximum atomic E-state index is 13.5. The zero-order chi connectivity index (χ0) is 23.9. The van der Waals surface area contributed by atoms with Gasteiger partial charge in [-0.05, 0) is 29.3 Å². The van der Waals surface area contributed by atoms with Crippen LogP contribution in [0.25, 0.3) is 10.9 Å². The Morgan fingerprint density at radius 3 is 2.61 bits per heavy atom. The number of fused-ring (bicyclic) bond motifs is 1. The Bertz CT molecular complexity index is 1250. The Morgan fingerprint density at radius 2 is 1.94 bits per heavy atom. The van der Waals surface area contributed by atoms with Crippen LogP contribution in [0, 0.1) is 10.1 Å². The third-order valence-electron chi connectivity index (χ3n) is 6.35. The summed E-state index contributed by atoms with van der Waals surface area (Å²) < 4.78 is 5.63. The summed E-state index contributed by atoms with van der Waals surface area (Å²) in [5.74, 6) is -0.732. The molecule has 2 atom stereocenters. The van der Waals surface area contributed by atoms with Crippen molar-refractivity contribution in [2.45, 2.75) is 24.6 Å². The number of non-ortho nitro benzene ring substituents is 1. The molecule has 172 valence electrons. The number of ether oxygens (including phenoxy) is 1. The Hall–Kier alpha value is -3.92. The highest BCUT2D eigenvalue weighted by atomic mass is 16.6. The zero-order valence-electron chi connectivity index (χ0n) is 18.4. The smallest absolute Gasteiger partial charge is 0.279 e. The van der Waals surface area contributed by atoms with Gasteiger partial charge >= 0.3 is 0 Å². The molecule has 1 aliphatic heterocycles. The summed E-state index contributed by atoms with van der Waals surface area (Å²) in [6.45, 7) is 0. The predicted octanol–water partition coefficient (Wildman–Crippen LogP) is 2.21. The number of aromatic nitrogens is 1. The number of carbonyl (C=O) groups is 2. The summed E-state index contributed by atoms with van der Waals surface area (Å²) in [6, 6.07) is 10.3. The Morgan fingerprint density at radius 1 is 1.21 bits per heavy atom. The van der Waals surface area contributed by atoms with E-state index in [0.29, 0.717) is 22.0 Å². The van der Waals surface area contributed by atoms with E-state index in [9.17, 15) is 24.8 Å². The molecule has 1 aromatic heterocycles. The van der Waals surface area contributed by atoms with Crippen molar-refractivity contribution in [2.75, 3.05) is 21.2 Å². The normalized spacial score (nSPS) is 21.1. The monoisotopic (exact) mass is 452 g/mol. The standard InChI is InChI=1S/C23H24N4O6/c1-25-19(11-15-13-24-17-8-5-9-18(20(15)17)27(31)32)21(29)26(2)23(33-3,22(25)30)12-14-6-4-7-16(28)10-14/h4-10,13,19,24,28H,11-12H2,1-3H3/t19-,23-/m0/s1. The summed E-state index contributed by atoms with van der Waals surface area (Å²) in [7, 11) is 4.39. The molecule has 0 unspecified atom stereocenters. The number of carbonyl (C=O) groups excluding carboxylic acids is 2. The maximum Gasteiger partial charge on any atom is 0.279 e. The quantitative estimate of drug-likeness (QED) is 0.436. The minimum absolute atomic E-state index is 0.0446. The summed E-state index contributed by atoms with van der Waals surface area (Å²) >= 11 is 0. The molecule has 2 heterocycles. The number of amides is 2. The third-order valence-corrected chi connectivity index (χ3v) is 6.35. The molecule has 1 saturated heterocycles. The first-order valence-electron chi connectivity index (χ1n) is 10.3. The number of phenols is 1. The lowest BCUT2D eigenvalue weighted by atomic mass is 9.92. The molecule has 0 bridgehead atoms. The van der Waals surface area contributed by atoms with E-state index in [1.165, 1.54) is 49.2 Å². The summed E-state index contributed by atoms with van der Waals surface area (Å²) in [6.07, 6.45) is 1.78. The molecular weight excluding hydrogens is 428 g/mol. The van der Waals surface area contributed by atoms with E-state index < -0.39 is 22.6 Å². The summed E-state index contributed by atoms with van der Waals surface area (Å²) in [4.78, 5) is 43.7. The summed E-state index contributed by atoms with van der Waals surface area (Å²) in [5.41, 5.74) is 0.137. The average molecular weight is 452 g/mol. The van der Waals surface area contributed by atoms with E-state index in [2.05, 4.69) is 4.98 Å². The Kier molecular flexibility index (Phi) is 5.54. The lowest BCUT2D eigenvalue weighted by Crippen LogP contribution is -2.71. The fraction of sp³-hybridized carbons (Fsp3) is 0.304. The molecule has 1 fully saturated rings. The van der Waals surface area contributed by atoms with Crippen LogP contribution in [-0.2, 0) is 27.2 Å². The van der Waals surface area contributed by atoms with E-state index in [1.54, 1.807) is 30.5 Å². The molecule has 33 heavy (non-hydrogen) atoms.